The lowest BCUT2D eigenvalue weighted by Crippen LogP contribution is -2.48. The number of aryl methyl sites for hydroxylation is 1. The minimum absolute atomic E-state index is 0.330. The van der Waals surface area contributed by atoms with Gasteiger partial charge in [0.2, 0.25) is 0 Å². The first-order chi connectivity index (χ1) is 8.69. The molecule has 0 saturated carbocycles. The van der Waals surface area contributed by atoms with Crippen LogP contribution in [0.25, 0.3) is 0 Å². The van der Waals surface area contributed by atoms with Gasteiger partial charge in [-0.15, -0.1) is 0 Å². The van der Waals surface area contributed by atoms with Crippen molar-refractivity contribution in [3.8, 4) is 0 Å². The number of hydrogen-bond acceptors (Lipinski definition) is 3. The summed E-state index contributed by atoms with van der Waals surface area (Å²) in [7, 11) is 1.78. The predicted octanol–water partition coefficient (Wildman–Crippen LogP) is 2.15. The van der Waals surface area contributed by atoms with Crippen molar-refractivity contribution in [1.29, 1.82) is 0 Å². The number of methoxy groups -OCH3 is 1. The molecule has 1 aliphatic heterocycles. The molecular weight excluding hydrogens is 224 g/mol. The monoisotopic (exact) mass is 248 g/mol. The summed E-state index contributed by atoms with van der Waals surface area (Å²) in [6, 6.07) is 8.83. The Morgan fingerprint density at radius 3 is 2.28 bits per heavy atom. The summed E-state index contributed by atoms with van der Waals surface area (Å²) in [6.07, 6.45) is 0.330. The highest BCUT2D eigenvalue weighted by Gasteiger charge is 2.18. The number of hydrogen-bond donors (Lipinski definition) is 0. The Labute approximate surface area is 110 Å². The zero-order valence-corrected chi connectivity index (χ0v) is 11.7. The summed E-state index contributed by atoms with van der Waals surface area (Å²) in [5.41, 5.74) is 2.67. The number of ether oxygens (including phenoxy) is 1. The molecule has 3 heteroatoms. The van der Waals surface area contributed by atoms with Crippen LogP contribution in [0.1, 0.15) is 12.5 Å². The zero-order chi connectivity index (χ0) is 13.0. The van der Waals surface area contributed by atoms with Gasteiger partial charge in [0.05, 0.1) is 6.10 Å². The van der Waals surface area contributed by atoms with Crippen LogP contribution in [0, 0.1) is 6.92 Å². The van der Waals surface area contributed by atoms with Crippen molar-refractivity contribution in [2.75, 3.05) is 44.7 Å². The molecule has 0 aromatic heterocycles. The van der Waals surface area contributed by atoms with E-state index in [0.29, 0.717) is 6.10 Å². The summed E-state index contributed by atoms with van der Waals surface area (Å²) in [5, 5.41) is 0. The van der Waals surface area contributed by atoms with Gasteiger partial charge in [0.25, 0.3) is 0 Å². The highest BCUT2D eigenvalue weighted by atomic mass is 16.5. The molecule has 1 fully saturated rings. The van der Waals surface area contributed by atoms with Gasteiger partial charge in [-0.1, -0.05) is 17.7 Å². The maximum absolute atomic E-state index is 5.32. The largest absolute Gasteiger partial charge is 0.380 e. The average molecular weight is 248 g/mol. The smallest absolute Gasteiger partial charge is 0.0670 e. The number of anilines is 1. The van der Waals surface area contributed by atoms with Gasteiger partial charge < -0.3 is 9.64 Å². The molecule has 1 atom stereocenters. The number of nitrogens with zero attached hydrogens (tertiary/aromatic N) is 2. The van der Waals surface area contributed by atoms with E-state index in [1.165, 1.54) is 11.3 Å². The molecule has 2 rings (SSSR count). The van der Waals surface area contributed by atoms with E-state index >= 15 is 0 Å². The Morgan fingerprint density at radius 1 is 1.11 bits per heavy atom. The van der Waals surface area contributed by atoms with Crippen molar-refractivity contribution in [3.05, 3.63) is 29.8 Å². The molecule has 0 bridgehead atoms. The van der Waals surface area contributed by atoms with E-state index in [9.17, 15) is 0 Å². The van der Waals surface area contributed by atoms with E-state index in [1.807, 2.05) is 0 Å². The van der Waals surface area contributed by atoms with Crippen LogP contribution in [0.15, 0.2) is 24.3 Å². The van der Waals surface area contributed by atoms with Crippen molar-refractivity contribution in [1.82, 2.24) is 4.90 Å². The second kappa shape index (κ2) is 6.21. The first kappa shape index (κ1) is 13.4. The Bertz CT molecular complexity index is 355. The van der Waals surface area contributed by atoms with Crippen molar-refractivity contribution in [3.63, 3.8) is 0 Å². The van der Waals surface area contributed by atoms with Crippen molar-refractivity contribution < 1.29 is 4.74 Å². The second-order valence-corrected chi connectivity index (χ2v) is 5.17. The molecule has 1 aromatic rings. The van der Waals surface area contributed by atoms with Crippen LogP contribution in [0.5, 0.6) is 0 Å². The molecule has 0 spiro atoms. The van der Waals surface area contributed by atoms with Crippen LogP contribution in [0.4, 0.5) is 5.69 Å². The van der Waals surface area contributed by atoms with Gasteiger partial charge in [0, 0.05) is 45.5 Å². The standard InChI is InChI=1S/C15H24N2O/c1-13-4-6-15(7-5-13)17-10-8-16(9-11-17)12-14(2)18-3/h4-7,14H,8-12H2,1-3H3. The molecule has 0 amide bonds. The number of piperazine rings is 1. The van der Waals surface area contributed by atoms with Crippen molar-refractivity contribution in [2.45, 2.75) is 20.0 Å². The normalized spacial score (nSPS) is 18.9. The molecule has 0 N–H and O–H groups in total. The van der Waals surface area contributed by atoms with Gasteiger partial charge in [0.1, 0.15) is 0 Å². The highest BCUT2D eigenvalue weighted by molar-refractivity contribution is 5.47. The van der Waals surface area contributed by atoms with Crippen LogP contribution < -0.4 is 4.90 Å². The average Bonchev–Trinajstić information content (AvgIpc) is 2.40. The van der Waals surface area contributed by atoms with E-state index in [4.69, 9.17) is 4.74 Å². The second-order valence-electron chi connectivity index (χ2n) is 5.17. The minimum atomic E-state index is 0.330. The van der Waals surface area contributed by atoms with E-state index in [2.05, 4.69) is 47.9 Å². The molecule has 1 saturated heterocycles. The highest BCUT2D eigenvalue weighted by Crippen LogP contribution is 2.17. The maximum Gasteiger partial charge on any atom is 0.0670 e. The molecule has 1 aromatic carbocycles. The molecular formula is C15H24N2O. The molecule has 1 unspecified atom stereocenters. The first-order valence-electron chi connectivity index (χ1n) is 6.76. The fourth-order valence-electron chi connectivity index (χ4n) is 2.38. The van der Waals surface area contributed by atoms with Crippen molar-refractivity contribution in [2.24, 2.45) is 0 Å². The zero-order valence-electron chi connectivity index (χ0n) is 11.7. The Balaban J connectivity index is 1.84. The molecule has 3 nitrogen and oxygen atoms in total. The molecule has 1 aliphatic rings. The lowest BCUT2D eigenvalue weighted by atomic mass is 10.2. The lowest BCUT2D eigenvalue weighted by Gasteiger charge is -2.37. The van der Waals surface area contributed by atoms with Gasteiger partial charge >= 0.3 is 0 Å². The minimum Gasteiger partial charge on any atom is -0.380 e. The molecule has 18 heavy (non-hydrogen) atoms. The third-order valence-corrected chi connectivity index (χ3v) is 3.69. The predicted molar refractivity (Wildman–Crippen MR) is 76.3 cm³/mol. The first-order valence-corrected chi connectivity index (χ1v) is 6.76. The fourth-order valence-corrected chi connectivity index (χ4v) is 2.38. The third kappa shape index (κ3) is 3.47. The molecule has 100 valence electrons. The summed E-state index contributed by atoms with van der Waals surface area (Å²) in [4.78, 5) is 4.95. The number of rotatable bonds is 4. The summed E-state index contributed by atoms with van der Waals surface area (Å²) < 4.78 is 5.32. The van der Waals surface area contributed by atoms with Gasteiger partial charge in [-0.2, -0.15) is 0 Å². The van der Waals surface area contributed by atoms with Crippen LogP contribution in [0.2, 0.25) is 0 Å². The maximum atomic E-state index is 5.32. The number of benzene rings is 1. The Morgan fingerprint density at radius 2 is 1.72 bits per heavy atom. The van der Waals surface area contributed by atoms with E-state index in [-0.39, 0.29) is 0 Å². The van der Waals surface area contributed by atoms with Crippen LogP contribution in [-0.4, -0.2) is 50.8 Å². The third-order valence-electron chi connectivity index (χ3n) is 3.69. The summed E-state index contributed by atoms with van der Waals surface area (Å²) in [6.45, 7) is 9.78. The summed E-state index contributed by atoms with van der Waals surface area (Å²) in [5.74, 6) is 0. The van der Waals surface area contributed by atoms with E-state index in [1.54, 1.807) is 7.11 Å². The van der Waals surface area contributed by atoms with Gasteiger partial charge in [-0.3, -0.25) is 4.90 Å². The summed E-state index contributed by atoms with van der Waals surface area (Å²) >= 11 is 0. The van der Waals surface area contributed by atoms with E-state index < -0.39 is 0 Å². The van der Waals surface area contributed by atoms with E-state index in [0.717, 1.165) is 32.7 Å². The fraction of sp³-hybridized carbons (Fsp3) is 0.600. The van der Waals surface area contributed by atoms with Crippen LogP contribution in [-0.2, 0) is 4.74 Å². The SMILES string of the molecule is COC(C)CN1CCN(c2ccc(C)cc2)CC1. The Hall–Kier alpha value is -1.06. The quantitative estimate of drug-likeness (QED) is 0.812. The van der Waals surface area contributed by atoms with Crippen molar-refractivity contribution >= 4 is 5.69 Å². The molecule has 0 radical (unpaired) electrons. The van der Waals surface area contributed by atoms with Crippen LogP contribution >= 0.6 is 0 Å². The molecule has 0 aliphatic carbocycles. The van der Waals surface area contributed by atoms with Gasteiger partial charge in [-0.25, -0.2) is 0 Å². The lowest BCUT2D eigenvalue weighted by molar-refractivity contribution is 0.0749. The topological polar surface area (TPSA) is 15.7 Å². The Kier molecular flexibility index (Phi) is 4.61. The van der Waals surface area contributed by atoms with Gasteiger partial charge in [0.15, 0.2) is 0 Å². The van der Waals surface area contributed by atoms with Gasteiger partial charge in [-0.05, 0) is 26.0 Å². The van der Waals surface area contributed by atoms with Crippen LogP contribution in [0.3, 0.4) is 0 Å². The molecule has 1 heterocycles.